The fourth-order valence-electron chi connectivity index (χ4n) is 3.88. The predicted molar refractivity (Wildman–Crippen MR) is 87.0 cm³/mol. The Hall–Kier alpha value is 0.270. The fourth-order valence-corrected chi connectivity index (χ4v) is 4.88. The molecule has 0 aromatic carbocycles. The van der Waals surface area contributed by atoms with Crippen LogP contribution in [0.2, 0.25) is 0 Å². The molecule has 1 saturated carbocycles. The first-order valence-corrected chi connectivity index (χ1v) is 9.38. The molecule has 0 spiro atoms. The summed E-state index contributed by atoms with van der Waals surface area (Å²) < 4.78 is 0. The van der Waals surface area contributed by atoms with Crippen LogP contribution in [0.25, 0.3) is 0 Å². The van der Waals surface area contributed by atoms with Crippen LogP contribution in [0.5, 0.6) is 0 Å². The van der Waals surface area contributed by atoms with Gasteiger partial charge in [0, 0.05) is 30.6 Å². The topological polar surface area (TPSA) is 24.1 Å². The third-order valence-corrected chi connectivity index (χ3v) is 5.80. The minimum absolute atomic E-state index is 0.628. The van der Waals surface area contributed by atoms with Gasteiger partial charge in [-0.05, 0) is 43.6 Å². The predicted octanol–water partition coefficient (Wildman–Crippen LogP) is 3.28. The zero-order chi connectivity index (χ0) is 13.6. The van der Waals surface area contributed by atoms with E-state index in [0.29, 0.717) is 5.41 Å². The van der Waals surface area contributed by atoms with Gasteiger partial charge in [0.15, 0.2) is 0 Å². The normalized spacial score (nSPS) is 27.0. The molecule has 0 aromatic rings. The van der Waals surface area contributed by atoms with Crippen LogP contribution in [0.1, 0.15) is 52.4 Å². The highest BCUT2D eigenvalue weighted by Crippen LogP contribution is 2.42. The summed E-state index contributed by atoms with van der Waals surface area (Å²) in [6, 6.07) is 0.746. The zero-order valence-corrected chi connectivity index (χ0v) is 13.7. The molecule has 3 heteroatoms. The van der Waals surface area contributed by atoms with Gasteiger partial charge in [-0.1, -0.05) is 26.7 Å². The van der Waals surface area contributed by atoms with Crippen LogP contribution in [-0.4, -0.2) is 37.2 Å². The Morgan fingerprint density at radius 2 is 2.11 bits per heavy atom. The molecule has 1 saturated heterocycles. The first-order chi connectivity index (χ1) is 9.20. The third kappa shape index (κ3) is 5.28. The maximum atomic E-state index is 3.77. The second-order valence-corrected chi connectivity index (χ2v) is 8.15. The lowest BCUT2D eigenvalue weighted by Gasteiger charge is -2.32. The van der Waals surface area contributed by atoms with Crippen LogP contribution in [0.3, 0.4) is 0 Å². The minimum atomic E-state index is 0.628. The lowest BCUT2D eigenvalue weighted by atomic mass is 9.78. The van der Waals surface area contributed by atoms with Gasteiger partial charge in [0.2, 0.25) is 0 Å². The van der Waals surface area contributed by atoms with Crippen molar-refractivity contribution in [2.45, 2.75) is 58.4 Å². The van der Waals surface area contributed by atoms with Crippen LogP contribution in [-0.2, 0) is 0 Å². The Morgan fingerprint density at radius 3 is 2.74 bits per heavy atom. The minimum Gasteiger partial charge on any atom is -0.316 e. The lowest BCUT2D eigenvalue weighted by molar-refractivity contribution is 0.223. The average molecular weight is 285 g/mol. The van der Waals surface area contributed by atoms with Gasteiger partial charge in [-0.25, -0.2) is 0 Å². The molecule has 19 heavy (non-hydrogen) atoms. The first kappa shape index (κ1) is 15.7. The van der Waals surface area contributed by atoms with Crippen molar-refractivity contribution in [2.75, 3.05) is 31.1 Å². The molecule has 2 N–H and O–H groups in total. The van der Waals surface area contributed by atoms with Crippen LogP contribution in [0, 0.1) is 11.3 Å². The Bertz CT molecular complexity index is 243. The molecule has 1 aliphatic heterocycles. The van der Waals surface area contributed by atoms with Crippen LogP contribution >= 0.6 is 11.8 Å². The SMILES string of the molecule is CC(C)CC1(CNCCC2CSCCN2)CCCC1. The summed E-state index contributed by atoms with van der Waals surface area (Å²) in [5.74, 6) is 3.44. The van der Waals surface area contributed by atoms with E-state index in [1.165, 1.54) is 69.7 Å². The molecule has 0 bridgehead atoms. The summed E-state index contributed by atoms with van der Waals surface area (Å²) in [5, 5.41) is 7.40. The average Bonchev–Trinajstić information content (AvgIpc) is 2.84. The lowest BCUT2D eigenvalue weighted by Crippen LogP contribution is -2.41. The summed E-state index contributed by atoms with van der Waals surface area (Å²) in [4.78, 5) is 0. The van der Waals surface area contributed by atoms with E-state index >= 15 is 0 Å². The quantitative estimate of drug-likeness (QED) is 0.702. The van der Waals surface area contributed by atoms with Crippen LogP contribution in [0.15, 0.2) is 0 Å². The molecule has 112 valence electrons. The summed E-state index contributed by atoms with van der Waals surface area (Å²) in [6.07, 6.45) is 8.53. The van der Waals surface area contributed by atoms with Crippen molar-refractivity contribution in [3.63, 3.8) is 0 Å². The molecule has 2 rings (SSSR count). The molecule has 0 radical (unpaired) electrons. The molecule has 1 unspecified atom stereocenters. The number of rotatable bonds is 7. The van der Waals surface area contributed by atoms with Crippen molar-refractivity contribution in [3.8, 4) is 0 Å². The standard InChI is InChI=1S/C16H32N2S/c1-14(2)11-16(6-3-4-7-16)13-17-8-5-15-12-19-10-9-18-15/h14-15,17-18H,3-13H2,1-2H3. The number of nitrogens with one attached hydrogen (secondary N) is 2. The van der Waals surface area contributed by atoms with Gasteiger partial charge in [-0.2, -0.15) is 11.8 Å². The molecule has 2 aliphatic rings. The summed E-state index contributed by atoms with van der Waals surface area (Å²) in [7, 11) is 0. The maximum Gasteiger partial charge on any atom is 0.0170 e. The highest BCUT2D eigenvalue weighted by Gasteiger charge is 2.33. The fraction of sp³-hybridized carbons (Fsp3) is 1.00. The molecular weight excluding hydrogens is 252 g/mol. The van der Waals surface area contributed by atoms with E-state index in [9.17, 15) is 0 Å². The van der Waals surface area contributed by atoms with Crippen molar-refractivity contribution in [3.05, 3.63) is 0 Å². The Labute approximate surface area is 123 Å². The first-order valence-electron chi connectivity index (χ1n) is 8.22. The van der Waals surface area contributed by atoms with Crippen molar-refractivity contribution < 1.29 is 0 Å². The Balaban J connectivity index is 1.64. The van der Waals surface area contributed by atoms with Gasteiger partial charge in [0.25, 0.3) is 0 Å². The molecule has 0 aromatic heterocycles. The number of hydrogen-bond donors (Lipinski definition) is 2. The highest BCUT2D eigenvalue weighted by molar-refractivity contribution is 7.99. The number of hydrogen-bond acceptors (Lipinski definition) is 3. The summed E-state index contributed by atoms with van der Waals surface area (Å²) >= 11 is 2.10. The van der Waals surface area contributed by atoms with Crippen molar-refractivity contribution in [2.24, 2.45) is 11.3 Å². The molecule has 2 fully saturated rings. The molecule has 1 aliphatic carbocycles. The monoisotopic (exact) mass is 284 g/mol. The van der Waals surface area contributed by atoms with E-state index in [-0.39, 0.29) is 0 Å². The van der Waals surface area contributed by atoms with E-state index in [2.05, 4.69) is 36.2 Å². The smallest absolute Gasteiger partial charge is 0.0170 e. The Kier molecular flexibility index (Phi) is 6.51. The van der Waals surface area contributed by atoms with E-state index in [1.54, 1.807) is 0 Å². The van der Waals surface area contributed by atoms with Crippen LogP contribution in [0.4, 0.5) is 0 Å². The highest BCUT2D eigenvalue weighted by atomic mass is 32.2. The van der Waals surface area contributed by atoms with E-state index in [4.69, 9.17) is 0 Å². The van der Waals surface area contributed by atoms with Gasteiger partial charge in [-0.3, -0.25) is 0 Å². The second kappa shape index (κ2) is 7.90. The van der Waals surface area contributed by atoms with E-state index < -0.39 is 0 Å². The van der Waals surface area contributed by atoms with E-state index in [1.807, 2.05) is 0 Å². The van der Waals surface area contributed by atoms with Crippen LogP contribution < -0.4 is 10.6 Å². The maximum absolute atomic E-state index is 3.77. The summed E-state index contributed by atoms with van der Waals surface area (Å²) in [5.41, 5.74) is 0.628. The van der Waals surface area contributed by atoms with Gasteiger partial charge >= 0.3 is 0 Å². The van der Waals surface area contributed by atoms with Gasteiger partial charge in [0.05, 0.1) is 0 Å². The second-order valence-electron chi connectivity index (χ2n) is 7.00. The van der Waals surface area contributed by atoms with E-state index in [0.717, 1.165) is 12.0 Å². The van der Waals surface area contributed by atoms with Crippen molar-refractivity contribution in [1.82, 2.24) is 10.6 Å². The Morgan fingerprint density at radius 1 is 1.32 bits per heavy atom. The molecule has 2 nitrogen and oxygen atoms in total. The molecule has 1 heterocycles. The summed E-state index contributed by atoms with van der Waals surface area (Å²) in [6.45, 7) is 8.40. The van der Waals surface area contributed by atoms with Crippen molar-refractivity contribution >= 4 is 11.8 Å². The van der Waals surface area contributed by atoms with Gasteiger partial charge in [-0.15, -0.1) is 0 Å². The molecule has 1 atom stereocenters. The zero-order valence-electron chi connectivity index (χ0n) is 12.8. The van der Waals surface area contributed by atoms with Gasteiger partial charge in [0.1, 0.15) is 0 Å². The van der Waals surface area contributed by atoms with Gasteiger partial charge < -0.3 is 10.6 Å². The number of thioether (sulfide) groups is 1. The molecule has 0 amide bonds. The molecular formula is C16H32N2S. The largest absolute Gasteiger partial charge is 0.316 e. The third-order valence-electron chi connectivity index (χ3n) is 4.67. The van der Waals surface area contributed by atoms with Crippen molar-refractivity contribution in [1.29, 1.82) is 0 Å².